The van der Waals surface area contributed by atoms with Crippen LogP contribution >= 0.6 is 21.4 Å². The van der Waals surface area contributed by atoms with Crippen LogP contribution in [-0.4, -0.2) is 43.5 Å². The lowest BCUT2D eigenvalue weighted by molar-refractivity contribution is -0.133. The van der Waals surface area contributed by atoms with Gasteiger partial charge in [-0.1, -0.05) is 18.2 Å². The summed E-state index contributed by atoms with van der Waals surface area (Å²) in [7, 11) is 1.11. The fourth-order valence-electron chi connectivity index (χ4n) is 3.54. The minimum absolute atomic E-state index is 0.00752. The summed E-state index contributed by atoms with van der Waals surface area (Å²) in [6.07, 6.45) is 2.29. The lowest BCUT2D eigenvalue weighted by Crippen LogP contribution is -1.97. The minimum Gasteiger partial charge on any atom is -0.478 e. The molecule has 0 radical (unpaired) electrons. The zero-order chi connectivity index (χ0) is 38.7. The average Bonchev–Trinajstić information content (AvgIpc) is 3.00. The van der Waals surface area contributed by atoms with Crippen molar-refractivity contribution < 1.29 is 68.2 Å². The SMILES string of the molecule is C/C(=C\c1cc(F)c(Oc2ccc(S(=O)(=O)Cl)cc2)c(F)c1)C(=O)O.C/C(=C\c1cc(F)c(Oc2ccccc2)c(F)c1)C(=O)O.O=S(=O)(O)Cl. The highest BCUT2D eigenvalue weighted by Gasteiger charge is 2.16. The molecular weight excluding hydrogens is 771 g/mol. The van der Waals surface area contributed by atoms with Gasteiger partial charge in [0.1, 0.15) is 11.5 Å². The van der Waals surface area contributed by atoms with Gasteiger partial charge in [-0.25, -0.2) is 35.6 Å². The number of halogens is 6. The number of para-hydroxylation sites is 1. The van der Waals surface area contributed by atoms with Crippen LogP contribution in [0.1, 0.15) is 25.0 Å². The molecule has 0 aromatic heterocycles. The van der Waals surface area contributed by atoms with Gasteiger partial charge in [-0.15, -0.1) is 0 Å². The molecular formula is C32H24Cl2F4O11S2. The van der Waals surface area contributed by atoms with Gasteiger partial charge in [-0.05, 0) is 97.8 Å². The van der Waals surface area contributed by atoms with E-state index in [1.807, 2.05) is 0 Å². The smallest absolute Gasteiger partial charge is 0.353 e. The van der Waals surface area contributed by atoms with Crippen molar-refractivity contribution in [3.63, 3.8) is 0 Å². The molecule has 51 heavy (non-hydrogen) atoms. The Balaban J connectivity index is 0.000000316. The third-order valence-corrected chi connectivity index (χ3v) is 7.14. The molecule has 0 unspecified atom stereocenters. The first-order chi connectivity index (χ1) is 23.5. The summed E-state index contributed by atoms with van der Waals surface area (Å²) in [5.41, 5.74) is 0.0204. The molecule has 4 aromatic carbocycles. The van der Waals surface area contributed by atoms with Crippen molar-refractivity contribution in [3.8, 4) is 23.0 Å². The Bertz CT molecular complexity index is 2120. The molecule has 4 aromatic rings. The van der Waals surface area contributed by atoms with Crippen molar-refractivity contribution in [2.24, 2.45) is 0 Å². The quantitative estimate of drug-likeness (QED) is 0.0640. The van der Waals surface area contributed by atoms with Crippen LogP contribution in [0.2, 0.25) is 0 Å². The monoisotopic (exact) mass is 794 g/mol. The van der Waals surface area contributed by atoms with E-state index in [-0.39, 0.29) is 32.9 Å². The van der Waals surface area contributed by atoms with Gasteiger partial charge in [-0.2, -0.15) is 8.42 Å². The van der Waals surface area contributed by atoms with Crippen molar-refractivity contribution >= 4 is 63.8 Å². The maximum Gasteiger partial charge on any atom is 0.353 e. The fraction of sp³-hybridized carbons (Fsp3) is 0.0625. The number of benzene rings is 4. The van der Waals surface area contributed by atoms with Gasteiger partial charge in [0.05, 0.1) is 4.90 Å². The summed E-state index contributed by atoms with van der Waals surface area (Å²) >= 11 is 0. The first kappa shape index (κ1) is 42.2. The molecule has 0 spiro atoms. The number of carboxylic acids is 2. The van der Waals surface area contributed by atoms with Gasteiger partial charge in [-0.3, -0.25) is 4.55 Å². The van der Waals surface area contributed by atoms with Crippen molar-refractivity contribution in [2.45, 2.75) is 18.7 Å². The normalized spacial score (nSPS) is 11.7. The molecule has 272 valence electrons. The van der Waals surface area contributed by atoms with E-state index in [0.29, 0.717) is 5.75 Å². The first-order valence-electron chi connectivity index (χ1n) is 13.5. The van der Waals surface area contributed by atoms with Crippen molar-refractivity contribution in [2.75, 3.05) is 0 Å². The average molecular weight is 796 g/mol. The number of aliphatic carboxylic acids is 2. The molecule has 4 rings (SSSR count). The standard InChI is InChI=1S/C16H11ClF2O5S.C16H12F2O3.ClHO3S/c1-9(16(20)21)6-10-7-13(18)15(14(19)8-10)24-11-2-4-12(5-3-11)25(17,22)23;1-10(16(19)20)7-11-8-13(17)15(14(18)9-11)21-12-5-3-2-4-6-12;1-5(2,3)4/h2-8H,1H3,(H,20,21);2-9H,1H3,(H,19,20);(H,2,3,4)/b9-6+;10-7+;. The van der Waals surface area contributed by atoms with Gasteiger partial charge in [0, 0.05) is 32.5 Å². The second-order valence-corrected chi connectivity index (χ2v) is 14.3. The van der Waals surface area contributed by atoms with Gasteiger partial charge in [0.15, 0.2) is 34.8 Å². The summed E-state index contributed by atoms with van der Waals surface area (Å²) in [5, 5.41) is 17.5. The third kappa shape index (κ3) is 14.8. The molecule has 0 amide bonds. The van der Waals surface area contributed by atoms with Crippen LogP contribution in [0.5, 0.6) is 23.0 Å². The molecule has 11 nitrogen and oxygen atoms in total. The second kappa shape index (κ2) is 18.3. The van der Waals surface area contributed by atoms with Gasteiger partial charge in [0.2, 0.25) is 0 Å². The van der Waals surface area contributed by atoms with Crippen LogP contribution in [0.25, 0.3) is 12.2 Å². The van der Waals surface area contributed by atoms with Crippen LogP contribution in [0.15, 0.2) is 94.9 Å². The summed E-state index contributed by atoms with van der Waals surface area (Å²) in [5.74, 6) is -7.18. The molecule has 0 fully saturated rings. The van der Waals surface area contributed by atoms with E-state index < -0.39 is 65.1 Å². The third-order valence-electron chi connectivity index (χ3n) is 5.77. The van der Waals surface area contributed by atoms with E-state index in [1.54, 1.807) is 30.3 Å². The highest BCUT2D eigenvalue weighted by Crippen LogP contribution is 2.31. The topological polar surface area (TPSA) is 182 Å². The predicted molar refractivity (Wildman–Crippen MR) is 179 cm³/mol. The molecule has 0 aliphatic heterocycles. The molecule has 0 aliphatic carbocycles. The Morgan fingerprint density at radius 1 is 0.627 bits per heavy atom. The van der Waals surface area contributed by atoms with Gasteiger partial charge in [0.25, 0.3) is 9.05 Å². The lowest BCUT2D eigenvalue weighted by Gasteiger charge is -2.09. The maximum atomic E-state index is 14.1. The van der Waals surface area contributed by atoms with Crippen LogP contribution in [0.4, 0.5) is 17.6 Å². The Kier molecular flexibility index (Phi) is 15.2. The molecule has 0 aliphatic rings. The molecule has 0 bridgehead atoms. The van der Waals surface area contributed by atoms with E-state index in [1.165, 1.54) is 32.1 Å². The van der Waals surface area contributed by atoms with Crippen molar-refractivity contribution in [3.05, 3.63) is 124 Å². The van der Waals surface area contributed by atoms with Gasteiger partial charge >= 0.3 is 21.3 Å². The van der Waals surface area contributed by atoms with E-state index in [4.69, 9.17) is 43.3 Å². The highest BCUT2D eigenvalue weighted by atomic mass is 35.7. The zero-order valence-corrected chi connectivity index (χ0v) is 29.0. The minimum atomic E-state index is -4.19. The largest absolute Gasteiger partial charge is 0.478 e. The van der Waals surface area contributed by atoms with E-state index >= 15 is 0 Å². The number of carbonyl (C=O) groups is 2. The predicted octanol–water partition coefficient (Wildman–Crippen LogP) is 8.45. The second-order valence-electron chi connectivity index (χ2n) is 9.73. The first-order valence-corrected chi connectivity index (χ1v) is 18.1. The Hall–Kier alpha value is -4.94. The Labute approximate surface area is 297 Å². The molecule has 0 saturated carbocycles. The van der Waals surface area contributed by atoms with Crippen LogP contribution in [-0.2, 0) is 28.0 Å². The number of ether oxygens (including phenoxy) is 2. The maximum absolute atomic E-state index is 14.1. The number of carboxylic acid groups (broad SMARTS) is 2. The molecule has 0 heterocycles. The van der Waals surface area contributed by atoms with E-state index in [2.05, 4.69) is 10.7 Å². The zero-order valence-electron chi connectivity index (χ0n) is 25.9. The summed E-state index contributed by atoms with van der Waals surface area (Å²) in [6, 6.07) is 16.8. The van der Waals surface area contributed by atoms with Crippen LogP contribution in [0.3, 0.4) is 0 Å². The number of rotatable bonds is 9. The summed E-state index contributed by atoms with van der Waals surface area (Å²) in [6.45, 7) is 2.63. The van der Waals surface area contributed by atoms with Crippen molar-refractivity contribution in [1.29, 1.82) is 0 Å². The number of hydrogen-bond acceptors (Lipinski definition) is 8. The highest BCUT2D eigenvalue weighted by molar-refractivity contribution is 8.13. The van der Waals surface area contributed by atoms with E-state index in [9.17, 15) is 35.6 Å². The molecule has 19 heteroatoms. The Morgan fingerprint density at radius 2 is 0.941 bits per heavy atom. The van der Waals surface area contributed by atoms with E-state index in [0.717, 1.165) is 42.5 Å². The number of hydrogen-bond donors (Lipinski definition) is 3. The van der Waals surface area contributed by atoms with Crippen molar-refractivity contribution in [1.82, 2.24) is 0 Å². The fourth-order valence-corrected chi connectivity index (χ4v) is 4.31. The summed E-state index contributed by atoms with van der Waals surface area (Å²) in [4.78, 5) is 21.3. The lowest BCUT2D eigenvalue weighted by atomic mass is 10.1. The van der Waals surface area contributed by atoms with Crippen LogP contribution in [0, 0.1) is 23.3 Å². The van der Waals surface area contributed by atoms with Crippen LogP contribution < -0.4 is 9.47 Å². The molecule has 0 saturated heterocycles. The Morgan fingerprint density at radius 3 is 1.24 bits per heavy atom. The summed E-state index contributed by atoms with van der Waals surface area (Å²) < 4.78 is 114. The molecule has 3 N–H and O–H groups in total. The van der Waals surface area contributed by atoms with Gasteiger partial charge < -0.3 is 19.7 Å². The molecule has 0 atom stereocenters.